The van der Waals surface area contributed by atoms with Crippen molar-refractivity contribution >= 4 is 57.3 Å². The second kappa shape index (κ2) is 16.2. The van der Waals surface area contributed by atoms with Gasteiger partial charge >= 0.3 is 0 Å². The van der Waals surface area contributed by atoms with Gasteiger partial charge in [-0.3, -0.25) is 19.2 Å². The summed E-state index contributed by atoms with van der Waals surface area (Å²) in [5, 5.41) is 3.48. The van der Waals surface area contributed by atoms with Crippen LogP contribution in [-0.2, 0) is 20.8 Å². The van der Waals surface area contributed by atoms with Crippen molar-refractivity contribution < 1.29 is 28.7 Å². The molecule has 4 aromatic rings. The molecule has 2 aliphatic rings. The van der Waals surface area contributed by atoms with Gasteiger partial charge in [-0.2, -0.15) is 4.98 Å². The van der Waals surface area contributed by atoms with Crippen LogP contribution in [0.5, 0.6) is 11.5 Å². The summed E-state index contributed by atoms with van der Waals surface area (Å²) in [4.78, 5) is 68.3. The predicted molar refractivity (Wildman–Crippen MR) is 197 cm³/mol. The number of carbonyl (C=O) groups is 4. The molecule has 12 nitrogen and oxygen atoms in total. The number of hydrogen-bond donors (Lipinski definition) is 1. The molecule has 13 heteroatoms. The third-order valence-corrected chi connectivity index (χ3v) is 10.4. The molecule has 6 rings (SSSR count). The fraction of sp³-hybridized carbons (Fsp3) is 0.368. The Kier molecular flexibility index (Phi) is 11.3. The molecule has 1 N–H and O–H groups in total. The Morgan fingerprint density at radius 1 is 0.882 bits per heavy atom. The van der Waals surface area contributed by atoms with Gasteiger partial charge in [0.25, 0.3) is 0 Å². The number of carbonyl (C=O) groups excluding carboxylic acids is 4. The molecule has 3 heterocycles. The summed E-state index contributed by atoms with van der Waals surface area (Å²) in [5.74, 6) is 1.04. The van der Waals surface area contributed by atoms with E-state index in [1.54, 1.807) is 43.2 Å². The molecule has 266 valence electrons. The second-order valence-electron chi connectivity index (χ2n) is 12.7. The minimum Gasteiger partial charge on any atom is -0.493 e. The van der Waals surface area contributed by atoms with Crippen LogP contribution in [0, 0.1) is 5.92 Å². The van der Waals surface area contributed by atoms with Gasteiger partial charge in [0.05, 0.1) is 26.2 Å². The zero-order valence-corrected chi connectivity index (χ0v) is 29.9. The normalized spacial score (nSPS) is 16.5. The molecule has 0 bridgehead atoms. The highest BCUT2D eigenvalue weighted by Gasteiger charge is 2.37. The largest absolute Gasteiger partial charge is 0.493 e. The monoisotopic (exact) mass is 710 g/mol. The molecule has 3 amide bonds. The number of aromatic nitrogens is 2. The van der Waals surface area contributed by atoms with E-state index in [1.165, 1.54) is 7.11 Å². The zero-order valence-electron chi connectivity index (χ0n) is 29.0. The lowest BCUT2D eigenvalue weighted by Crippen LogP contribution is -2.49. The summed E-state index contributed by atoms with van der Waals surface area (Å²) in [5.41, 5.74) is 2.11. The van der Waals surface area contributed by atoms with Gasteiger partial charge in [-0.1, -0.05) is 79.3 Å². The molecule has 2 saturated heterocycles. The Bertz CT molecular complexity index is 1890. The van der Waals surface area contributed by atoms with Gasteiger partial charge in [0, 0.05) is 61.4 Å². The molecule has 2 atom stereocenters. The number of hydrogen-bond acceptors (Lipinski definition) is 10. The molecule has 51 heavy (non-hydrogen) atoms. The van der Waals surface area contributed by atoms with E-state index in [1.807, 2.05) is 58.3 Å². The lowest BCUT2D eigenvalue weighted by atomic mass is 10.1. The number of fused-ring (bicyclic) bond motifs is 1. The van der Waals surface area contributed by atoms with Gasteiger partial charge in [0.2, 0.25) is 28.8 Å². The number of methoxy groups -OCH3 is 2. The maximum Gasteiger partial charge on any atom is 0.248 e. The van der Waals surface area contributed by atoms with E-state index in [0.29, 0.717) is 97.5 Å². The van der Waals surface area contributed by atoms with Gasteiger partial charge in [-0.05, 0) is 24.5 Å². The number of benzene rings is 3. The van der Waals surface area contributed by atoms with Crippen molar-refractivity contribution in [3.63, 3.8) is 0 Å². The van der Waals surface area contributed by atoms with Crippen LogP contribution in [0.2, 0.25) is 0 Å². The summed E-state index contributed by atoms with van der Waals surface area (Å²) in [6, 6.07) is 21.4. The standard InChI is InChI=1S/C38H42N6O6S/c1-25(24-51-37(48)27-13-8-5-9-14-27)36(47)44-16-10-15-30(44)35(46)40-34-28-22-31(49-2)32(50-3)23-29(28)39-38(41-34)43-19-17-42(18-20-43)33(45)21-26-11-6-4-7-12-26/h4-9,11-14,22-23,25,30H,10,15-21,24H2,1-3H3,(H,39,40,41,46)/t25?,30-/m0/s1. The number of nitrogens with zero attached hydrogens (tertiary/aromatic N) is 5. The lowest BCUT2D eigenvalue weighted by molar-refractivity contribution is -0.139. The van der Waals surface area contributed by atoms with E-state index < -0.39 is 12.0 Å². The Balaban J connectivity index is 1.18. The third-order valence-electron chi connectivity index (χ3n) is 9.28. The van der Waals surface area contributed by atoms with Crippen molar-refractivity contribution in [2.75, 3.05) is 62.9 Å². The molecule has 2 aliphatic heterocycles. The van der Waals surface area contributed by atoms with Crippen LogP contribution < -0.4 is 19.7 Å². The van der Waals surface area contributed by atoms with Crippen molar-refractivity contribution in [3.8, 4) is 11.5 Å². The first-order valence-corrected chi connectivity index (χ1v) is 18.1. The highest BCUT2D eigenvalue weighted by atomic mass is 32.2. The average Bonchev–Trinajstić information content (AvgIpc) is 3.67. The molecule has 0 spiro atoms. The van der Waals surface area contributed by atoms with Crippen LogP contribution in [0.15, 0.2) is 72.8 Å². The number of thioether (sulfide) groups is 1. The van der Waals surface area contributed by atoms with Crippen LogP contribution in [0.25, 0.3) is 10.9 Å². The van der Waals surface area contributed by atoms with Gasteiger partial charge in [-0.15, -0.1) is 0 Å². The third kappa shape index (κ3) is 8.25. The Labute approximate surface area is 301 Å². The van der Waals surface area contributed by atoms with E-state index in [-0.39, 0.29) is 22.8 Å². The molecule has 2 fully saturated rings. The Morgan fingerprint density at radius 2 is 1.55 bits per heavy atom. The van der Waals surface area contributed by atoms with E-state index in [2.05, 4.69) is 5.32 Å². The van der Waals surface area contributed by atoms with Crippen LogP contribution in [0.4, 0.5) is 11.8 Å². The number of nitrogens with one attached hydrogen (secondary N) is 1. The van der Waals surface area contributed by atoms with Gasteiger partial charge in [-0.25, -0.2) is 4.98 Å². The number of rotatable bonds is 11. The smallest absolute Gasteiger partial charge is 0.248 e. The zero-order chi connectivity index (χ0) is 35.9. The van der Waals surface area contributed by atoms with Crippen LogP contribution >= 0.6 is 11.8 Å². The van der Waals surface area contributed by atoms with Crippen molar-refractivity contribution in [1.82, 2.24) is 19.8 Å². The first-order chi connectivity index (χ1) is 24.7. The summed E-state index contributed by atoms with van der Waals surface area (Å²) in [7, 11) is 3.08. The average molecular weight is 711 g/mol. The first kappa shape index (κ1) is 35.6. The van der Waals surface area contributed by atoms with E-state index in [0.717, 1.165) is 17.3 Å². The van der Waals surface area contributed by atoms with E-state index >= 15 is 0 Å². The highest BCUT2D eigenvalue weighted by Crippen LogP contribution is 2.36. The quantitative estimate of drug-likeness (QED) is 0.234. The molecule has 1 unspecified atom stereocenters. The van der Waals surface area contributed by atoms with Crippen molar-refractivity contribution in [2.24, 2.45) is 5.92 Å². The van der Waals surface area contributed by atoms with Gasteiger partial charge in [0.15, 0.2) is 11.5 Å². The fourth-order valence-electron chi connectivity index (χ4n) is 6.43. The van der Waals surface area contributed by atoms with Crippen LogP contribution in [0.3, 0.4) is 0 Å². The Hall–Kier alpha value is -5.17. The molecular weight excluding hydrogens is 669 g/mol. The maximum absolute atomic E-state index is 13.9. The highest BCUT2D eigenvalue weighted by molar-refractivity contribution is 8.14. The summed E-state index contributed by atoms with van der Waals surface area (Å²) in [6.45, 7) is 4.29. The van der Waals surface area contributed by atoms with Crippen LogP contribution in [0.1, 0.15) is 35.7 Å². The molecular formula is C38H42N6O6S. The molecule has 3 aromatic carbocycles. The molecule has 0 aliphatic carbocycles. The SMILES string of the molecule is COc1cc2nc(N3CCN(C(=O)Cc4ccccc4)CC3)nc(NC(=O)[C@@H]3CCCN3C(=O)C(C)CSC(=O)c3ccccc3)c2cc1OC. The van der Waals surface area contributed by atoms with Crippen molar-refractivity contribution in [1.29, 1.82) is 0 Å². The number of amides is 3. The lowest BCUT2D eigenvalue weighted by Gasteiger charge is -2.35. The summed E-state index contributed by atoms with van der Waals surface area (Å²) in [6.07, 6.45) is 1.53. The van der Waals surface area contributed by atoms with Gasteiger partial charge in [0.1, 0.15) is 11.9 Å². The van der Waals surface area contributed by atoms with Crippen molar-refractivity contribution in [3.05, 3.63) is 83.9 Å². The number of likely N-dealkylation sites (tertiary alicyclic amines) is 1. The van der Waals surface area contributed by atoms with Crippen LogP contribution in [-0.4, -0.2) is 101 Å². The van der Waals surface area contributed by atoms with E-state index in [9.17, 15) is 19.2 Å². The molecule has 1 aromatic heterocycles. The number of anilines is 2. The minimum absolute atomic E-state index is 0.0661. The topological polar surface area (TPSA) is 134 Å². The number of ether oxygens (including phenoxy) is 2. The maximum atomic E-state index is 13.9. The predicted octanol–water partition coefficient (Wildman–Crippen LogP) is 4.68. The molecule has 0 radical (unpaired) electrons. The Morgan fingerprint density at radius 3 is 2.24 bits per heavy atom. The molecule has 0 saturated carbocycles. The van der Waals surface area contributed by atoms with E-state index in [4.69, 9.17) is 19.4 Å². The summed E-state index contributed by atoms with van der Waals surface area (Å²) < 4.78 is 11.1. The minimum atomic E-state index is -0.692. The van der Waals surface area contributed by atoms with Gasteiger partial charge < -0.3 is 29.5 Å². The second-order valence-corrected chi connectivity index (χ2v) is 13.7. The fourth-order valence-corrected chi connectivity index (χ4v) is 7.28. The summed E-state index contributed by atoms with van der Waals surface area (Å²) >= 11 is 1.11. The van der Waals surface area contributed by atoms with Crippen molar-refractivity contribution in [2.45, 2.75) is 32.2 Å². The first-order valence-electron chi connectivity index (χ1n) is 17.1. The number of piperazine rings is 1.